The first-order valence-electron chi connectivity index (χ1n) is 10.2. The van der Waals surface area contributed by atoms with E-state index in [1.54, 1.807) is 40.7 Å². The van der Waals surface area contributed by atoms with Gasteiger partial charge in [0, 0.05) is 25.2 Å². The zero-order chi connectivity index (χ0) is 21.7. The third kappa shape index (κ3) is 5.47. The van der Waals surface area contributed by atoms with E-state index in [1.165, 1.54) is 0 Å². The molecule has 0 radical (unpaired) electrons. The fourth-order valence-electron chi connectivity index (χ4n) is 3.89. The van der Waals surface area contributed by atoms with E-state index in [9.17, 15) is 13.2 Å². The monoisotopic (exact) mass is 425 g/mol. The van der Waals surface area contributed by atoms with E-state index in [1.807, 2.05) is 12.1 Å². The summed E-state index contributed by atoms with van der Waals surface area (Å²) in [5.74, 6) is 0.546. The molecule has 2 unspecified atom stereocenters. The van der Waals surface area contributed by atoms with Gasteiger partial charge in [-0.15, -0.1) is 0 Å². The van der Waals surface area contributed by atoms with Crippen LogP contribution in [0.3, 0.4) is 0 Å². The molecule has 0 saturated carbocycles. The van der Waals surface area contributed by atoms with Crippen LogP contribution in [0.5, 0.6) is 0 Å². The van der Waals surface area contributed by atoms with Crippen molar-refractivity contribution in [1.82, 2.24) is 4.31 Å². The highest BCUT2D eigenvalue weighted by atomic mass is 32.2. The van der Waals surface area contributed by atoms with Crippen molar-refractivity contribution in [3.8, 4) is 6.07 Å². The molecule has 1 saturated heterocycles. The average molecular weight is 426 g/mol. The molecule has 6 nitrogen and oxygen atoms in total. The number of benzene rings is 2. The summed E-state index contributed by atoms with van der Waals surface area (Å²) in [6, 6.07) is 15.6. The van der Waals surface area contributed by atoms with E-state index in [2.05, 4.69) is 25.2 Å². The zero-order valence-electron chi connectivity index (χ0n) is 17.3. The number of anilines is 1. The van der Waals surface area contributed by atoms with Crippen LogP contribution in [0.25, 0.3) is 0 Å². The first kappa shape index (κ1) is 22.0. The first-order chi connectivity index (χ1) is 14.3. The molecule has 3 rings (SSSR count). The van der Waals surface area contributed by atoms with Crippen molar-refractivity contribution < 1.29 is 13.2 Å². The molecular weight excluding hydrogens is 398 g/mol. The Kier molecular flexibility index (Phi) is 6.91. The van der Waals surface area contributed by atoms with Gasteiger partial charge in [0.1, 0.15) is 0 Å². The van der Waals surface area contributed by atoms with Gasteiger partial charge in [-0.25, -0.2) is 8.42 Å². The summed E-state index contributed by atoms with van der Waals surface area (Å²) in [7, 11) is -3.53. The van der Waals surface area contributed by atoms with Gasteiger partial charge >= 0.3 is 0 Å². The number of carbonyl (C=O) groups excluding carboxylic acids is 1. The number of hydrogen-bond donors (Lipinski definition) is 1. The lowest BCUT2D eigenvalue weighted by Crippen LogP contribution is -2.42. The topological polar surface area (TPSA) is 90.3 Å². The summed E-state index contributed by atoms with van der Waals surface area (Å²) in [6.07, 6.45) is 1.91. The number of nitrogens with zero attached hydrogens (tertiary/aromatic N) is 2. The number of nitriles is 1. The molecule has 1 fully saturated rings. The number of rotatable bonds is 6. The molecule has 1 aliphatic rings. The normalized spacial score (nSPS) is 19.8. The van der Waals surface area contributed by atoms with Gasteiger partial charge in [-0.1, -0.05) is 26.0 Å². The second-order valence-corrected chi connectivity index (χ2v) is 10.1. The molecule has 0 spiro atoms. The maximum atomic E-state index is 12.9. The maximum absolute atomic E-state index is 12.9. The second kappa shape index (κ2) is 9.41. The van der Waals surface area contributed by atoms with Crippen LogP contribution in [-0.4, -0.2) is 31.7 Å². The molecule has 2 aromatic rings. The van der Waals surface area contributed by atoms with Gasteiger partial charge < -0.3 is 5.32 Å². The minimum atomic E-state index is -3.53. The van der Waals surface area contributed by atoms with Gasteiger partial charge in [-0.05, 0) is 66.6 Å². The van der Waals surface area contributed by atoms with Gasteiger partial charge in [0.05, 0.1) is 16.5 Å². The van der Waals surface area contributed by atoms with Crippen molar-refractivity contribution in [3.63, 3.8) is 0 Å². The van der Waals surface area contributed by atoms with Crippen LogP contribution < -0.4 is 5.32 Å². The molecule has 0 bridgehead atoms. The highest BCUT2D eigenvalue weighted by Gasteiger charge is 2.31. The molecule has 158 valence electrons. The second-order valence-electron chi connectivity index (χ2n) is 8.15. The minimum absolute atomic E-state index is 0.145. The van der Waals surface area contributed by atoms with Gasteiger partial charge in [0.15, 0.2) is 0 Å². The predicted octanol–water partition coefficient (Wildman–Crippen LogP) is 3.80. The summed E-state index contributed by atoms with van der Waals surface area (Å²) in [6.45, 7) is 5.24. The van der Waals surface area contributed by atoms with Crippen LogP contribution in [0.1, 0.15) is 37.8 Å². The van der Waals surface area contributed by atoms with Crippen molar-refractivity contribution in [1.29, 1.82) is 5.26 Å². The smallest absolute Gasteiger partial charge is 0.243 e. The molecule has 1 amide bonds. The fourth-order valence-corrected chi connectivity index (χ4v) is 5.57. The number of piperidine rings is 1. The lowest BCUT2D eigenvalue weighted by atomic mass is 9.94. The van der Waals surface area contributed by atoms with E-state index in [0.29, 0.717) is 49.0 Å². The van der Waals surface area contributed by atoms with Crippen LogP contribution in [-0.2, 0) is 21.2 Å². The van der Waals surface area contributed by atoms with Crippen molar-refractivity contribution in [3.05, 3.63) is 59.7 Å². The number of amides is 1. The number of nitrogens with one attached hydrogen (secondary N) is 1. The summed E-state index contributed by atoms with van der Waals surface area (Å²) >= 11 is 0. The van der Waals surface area contributed by atoms with Crippen LogP contribution >= 0.6 is 0 Å². The SMILES string of the molecule is CC1CC(C)CN(S(=O)(=O)c2ccc(NC(=O)CCc3ccc(C#N)cc3)cc2)C1. The summed E-state index contributed by atoms with van der Waals surface area (Å²) in [5, 5.41) is 11.6. The Bertz CT molecular complexity index is 1010. The third-order valence-electron chi connectivity index (χ3n) is 5.33. The Labute approximate surface area is 178 Å². The Balaban J connectivity index is 1.58. The number of sulfonamides is 1. The number of hydrogen-bond acceptors (Lipinski definition) is 4. The Morgan fingerprint density at radius 2 is 1.67 bits per heavy atom. The van der Waals surface area contributed by atoms with Crippen LogP contribution in [0.15, 0.2) is 53.4 Å². The van der Waals surface area contributed by atoms with E-state index in [0.717, 1.165) is 12.0 Å². The highest BCUT2D eigenvalue weighted by molar-refractivity contribution is 7.89. The average Bonchev–Trinajstić information content (AvgIpc) is 2.72. The van der Waals surface area contributed by atoms with Crippen molar-refractivity contribution in [2.45, 2.75) is 38.0 Å². The molecule has 1 N–H and O–H groups in total. The number of aryl methyl sites for hydroxylation is 1. The van der Waals surface area contributed by atoms with Crippen molar-refractivity contribution in [2.24, 2.45) is 11.8 Å². The zero-order valence-corrected chi connectivity index (χ0v) is 18.2. The molecule has 2 atom stereocenters. The molecule has 1 heterocycles. The molecular formula is C23H27N3O3S. The maximum Gasteiger partial charge on any atom is 0.243 e. The van der Waals surface area contributed by atoms with Crippen LogP contribution in [0.2, 0.25) is 0 Å². The molecule has 1 aliphatic heterocycles. The lowest BCUT2D eigenvalue weighted by Gasteiger charge is -2.34. The fraction of sp³-hybridized carbons (Fsp3) is 0.391. The Morgan fingerprint density at radius 1 is 1.07 bits per heavy atom. The first-order valence-corrected chi connectivity index (χ1v) is 11.6. The van der Waals surface area contributed by atoms with Crippen molar-refractivity contribution in [2.75, 3.05) is 18.4 Å². The Morgan fingerprint density at radius 3 is 2.23 bits per heavy atom. The van der Waals surface area contributed by atoms with Crippen LogP contribution in [0, 0.1) is 23.2 Å². The quantitative estimate of drug-likeness (QED) is 0.762. The van der Waals surface area contributed by atoms with Gasteiger partial charge in [0.2, 0.25) is 15.9 Å². The number of carbonyl (C=O) groups is 1. The standard InChI is InChI=1S/C23H27N3O3S/c1-17-13-18(2)16-26(15-17)30(28,29)22-10-8-21(9-11-22)25-23(27)12-7-19-3-5-20(14-24)6-4-19/h3-6,8-11,17-18H,7,12-13,15-16H2,1-2H3,(H,25,27). The van der Waals surface area contributed by atoms with Crippen molar-refractivity contribution >= 4 is 21.6 Å². The molecule has 7 heteroatoms. The van der Waals surface area contributed by atoms with E-state index in [-0.39, 0.29) is 10.8 Å². The molecule has 0 aromatic heterocycles. The van der Waals surface area contributed by atoms with Gasteiger partial charge in [0.25, 0.3) is 0 Å². The highest BCUT2D eigenvalue weighted by Crippen LogP contribution is 2.27. The van der Waals surface area contributed by atoms with Gasteiger partial charge in [-0.2, -0.15) is 9.57 Å². The summed E-state index contributed by atoms with van der Waals surface area (Å²) in [5.41, 5.74) is 2.14. The Hall–Kier alpha value is -2.69. The van der Waals surface area contributed by atoms with E-state index >= 15 is 0 Å². The molecule has 0 aliphatic carbocycles. The third-order valence-corrected chi connectivity index (χ3v) is 7.18. The van der Waals surface area contributed by atoms with Crippen LogP contribution in [0.4, 0.5) is 5.69 Å². The minimum Gasteiger partial charge on any atom is -0.326 e. The summed E-state index contributed by atoms with van der Waals surface area (Å²) in [4.78, 5) is 12.5. The largest absolute Gasteiger partial charge is 0.326 e. The molecule has 30 heavy (non-hydrogen) atoms. The molecule has 2 aromatic carbocycles. The van der Waals surface area contributed by atoms with E-state index in [4.69, 9.17) is 5.26 Å². The predicted molar refractivity (Wildman–Crippen MR) is 116 cm³/mol. The summed E-state index contributed by atoms with van der Waals surface area (Å²) < 4.78 is 27.4. The van der Waals surface area contributed by atoms with Gasteiger partial charge in [-0.3, -0.25) is 4.79 Å². The lowest BCUT2D eigenvalue weighted by molar-refractivity contribution is -0.116. The van der Waals surface area contributed by atoms with E-state index < -0.39 is 10.0 Å².